The lowest BCUT2D eigenvalue weighted by molar-refractivity contribution is -0.137. The molecule has 1 rings (SSSR count). The summed E-state index contributed by atoms with van der Waals surface area (Å²) < 4.78 is 5.13. The van der Waals surface area contributed by atoms with Gasteiger partial charge < -0.3 is 15.0 Å². The highest BCUT2D eigenvalue weighted by Gasteiger charge is 2.24. The summed E-state index contributed by atoms with van der Waals surface area (Å²) in [6.07, 6.45) is 1.06. The maximum atomic E-state index is 11.7. The van der Waals surface area contributed by atoms with Crippen molar-refractivity contribution in [3.8, 4) is 0 Å². The van der Waals surface area contributed by atoms with Crippen molar-refractivity contribution in [1.82, 2.24) is 10.2 Å². The molecule has 1 heterocycles. The average molecular weight is 200 g/mol. The van der Waals surface area contributed by atoms with Gasteiger partial charge in [-0.15, -0.1) is 0 Å². The fourth-order valence-electron chi connectivity index (χ4n) is 1.82. The van der Waals surface area contributed by atoms with E-state index in [2.05, 4.69) is 5.32 Å². The Morgan fingerprint density at radius 1 is 1.57 bits per heavy atom. The summed E-state index contributed by atoms with van der Waals surface area (Å²) in [6, 6.07) is 0.368. The summed E-state index contributed by atoms with van der Waals surface area (Å²) >= 11 is 0. The molecule has 14 heavy (non-hydrogen) atoms. The van der Waals surface area contributed by atoms with Gasteiger partial charge in [-0.1, -0.05) is 0 Å². The van der Waals surface area contributed by atoms with Crippen LogP contribution in [0.5, 0.6) is 0 Å². The van der Waals surface area contributed by atoms with E-state index in [1.807, 2.05) is 18.7 Å². The Hall–Kier alpha value is -0.610. The lowest BCUT2D eigenvalue weighted by atomic mass is 10.2. The van der Waals surface area contributed by atoms with Crippen molar-refractivity contribution in [2.45, 2.75) is 26.3 Å². The Balaban J connectivity index is 2.39. The smallest absolute Gasteiger partial charge is 0.248 e. The van der Waals surface area contributed by atoms with Crippen molar-refractivity contribution in [2.24, 2.45) is 0 Å². The minimum Gasteiger partial charge on any atom is -0.372 e. The standard InChI is InChI=1S/C10H20N2O2/c1-3-12(9-5-6-11-7-9)10(13)8-14-4-2/h9,11H,3-8H2,1-2H3. The predicted molar refractivity (Wildman–Crippen MR) is 55.2 cm³/mol. The summed E-state index contributed by atoms with van der Waals surface area (Å²) in [5.74, 6) is 0.114. The lowest BCUT2D eigenvalue weighted by Gasteiger charge is -2.26. The molecule has 0 aromatic carbocycles. The second-order valence-electron chi connectivity index (χ2n) is 3.46. The van der Waals surface area contributed by atoms with Crippen LogP contribution in [0.2, 0.25) is 0 Å². The SMILES string of the molecule is CCOCC(=O)N(CC)C1CCNC1. The van der Waals surface area contributed by atoms with Crippen LogP contribution in [-0.4, -0.2) is 49.7 Å². The number of carbonyl (C=O) groups excluding carboxylic acids is 1. The molecule has 0 bridgehead atoms. The Morgan fingerprint density at radius 3 is 2.86 bits per heavy atom. The molecule has 0 aromatic heterocycles. The number of rotatable bonds is 5. The summed E-state index contributed by atoms with van der Waals surface area (Å²) in [4.78, 5) is 13.6. The van der Waals surface area contributed by atoms with E-state index < -0.39 is 0 Å². The molecule has 1 atom stereocenters. The maximum Gasteiger partial charge on any atom is 0.248 e. The largest absolute Gasteiger partial charge is 0.372 e. The van der Waals surface area contributed by atoms with Crippen molar-refractivity contribution >= 4 is 5.91 Å². The van der Waals surface area contributed by atoms with E-state index in [9.17, 15) is 4.79 Å². The number of carbonyl (C=O) groups is 1. The van der Waals surface area contributed by atoms with Gasteiger partial charge in [-0.2, -0.15) is 0 Å². The zero-order valence-corrected chi connectivity index (χ0v) is 9.08. The predicted octanol–water partition coefficient (Wildman–Crippen LogP) is 0.233. The Labute approximate surface area is 85.6 Å². The minimum atomic E-state index is 0.114. The average Bonchev–Trinajstić information content (AvgIpc) is 2.69. The fourth-order valence-corrected chi connectivity index (χ4v) is 1.82. The van der Waals surface area contributed by atoms with Gasteiger partial charge >= 0.3 is 0 Å². The van der Waals surface area contributed by atoms with Crippen LogP contribution in [0.15, 0.2) is 0 Å². The Kier molecular flexibility index (Phi) is 4.90. The molecule has 1 aliphatic rings. The van der Waals surface area contributed by atoms with Crippen molar-refractivity contribution < 1.29 is 9.53 Å². The number of hydrogen-bond acceptors (Lipinski definition) is 3. The fraction of sp³-hybridized carbons (Fsp3) is 0.900. The first-order valence-corrected chi connectivity index (χ1v) is 5.37. The summed E-state index contributed by atoms with van der Waals surface area (Å²) in [5.41, 5.74) is 0. The molecular formula is C10H20N2O2. The Bertz CT molecular complexity index is 179. The van der Waals surface area contributed by atoms with Gasteiger partial charge in [0, 0.05) is 25.7 Å². The third-order valence-corrected chi connectivity index (χ3v) is 2.57. The van der Waals surface area contributed by atoms with E-state index in [1.165, 1.54) is 0 Å². The second-order valence-corrected chi connectivity index (χ2v) is 3.46. The molecule has 0 saturated carbocycles. The molecular weight excluding hydrogens is 180 g/mol. The van der Waals surface area contributed by atoms with Crippen LogP contribution < -0.4 is 5.32 Å². The maximum absolute atomic E-state index is 11.7. The molecule has 0 radical (unpaired) electrons. The van der Waals surface area contributed by atoms with Crippen molar-refractivity contribution in [3.05, 3.63) is 0 Å². The first kappa shape index (κ1) is 11.5. The van der Waals surface area contributed by atoms with Gasteiger partial charge in [-0.05, 0) is 26.8 Å². The molecule has 0 aliphatic carbocycles. The van der Waals surface area contributed by atoms with Crippen LogP contribution in [0.25, 0.3) is 0 Å². The molecule has 1 saturated heterocycles. The van der Waals surface area contributed by atoms with Crippen LogP contribution in [0.1, 0.15) is 20.3 Å². The summed E-state index contributed by atoms with van der Waals surface area (Å²) in [5, 5.41) is 3.26. The van der Waals surface area contributed by atoms with Gasteiger partial charge in [0.2, 0.25) is 5.91 Å². The van der Waals surface area contributed by atoms with Gasteiger partial charge in [0.15, 0.2) is 0 Å². The lowest BCUT2D eigenvalue weighted by Crippen LogP contribution is -2.43. The molecule has 0 aromatic rings. The molecule has 4 nitrogen and oxygen atoms in total. The highest BCUT2D eigenvalue weighted by atomic mass is 16.5. The first-order chi connectivity index (χ1) is 6.79. The Morgan fingerprint density at radius 2 is 2.36 bits per heavy atom. The summed E-state index contributed by atoms with van der Waals surface area (Å²) in [7, 11) is 0. The van der Waals surface area contributed by atoms with Crippen LogP contribution >= 0.6 is 0 Å². The van der Waals surface area contributed by atoms with E-state index in [4.69, 9.17) is 4.74 Å². The van der Waals surface area contributed by atoms with Crippen molar-refractivity contribution in [2.75, 3.05) is 32.8 Å². The zero-order chi connectivity index (χ0) is 10.4. The van der Waals surface area contributed by atoms with Gasteiger partial charge in [0.25, 0.3) is 0 Å². The zero-order valence-electron chi connectivity index (χ0n) is 9.08. The number of hydrogen-bond donors (Lipinski definition) is 1. The third-order valence-electron chi connectivity index (χ3n) is 2.57. The highest BCUT2D eigenvalue weighted by Crippen LogP contribution is 2.08. The minimum absolute atomic E-state index is 0.114. The van der Waals surface area contributed by atoms with Gasteiger partial charge in [0.1, 0.15) is 6.61 Å². The van der Waals surface area contributed by atoms with E-state index in [1.54, 1.807) is 0 Å². The number of nitrogens with zero attached hydrogens (tertiary/aromatic N) is 1. The van der Waals surface area contributed by atoms with Crippen molar-refractivity contribution in [1.29, 1.82) is 0 Å². The van der Waals surface area contributed by atoms with Gasteiger partial charge in [-0.25, -0.2) is 0 Å². The quantitative estimate of drug-likeness (QED) is 0.691. The molecule has 1 N–H and O–H groups in total. The normalized spacial score (nSPS) is 21.1. The molecule has 0 spiro atoms. The van der Waals surface area contributed by atoms with Crippen molar-refractivity contribution in [3.63, 3.8) is 0 Å². The van der Waals surface area contributed by atoms with Crippen LogP contribution in [-0.2, 0) is 9.53 Å². The van der Waals surface area contributed by atoms with Crippen LogP contribution in [0, 0.1) is 0 Å². The van der Waals surface area contributed by atoms with E-state index in [-0.39, 0.29) is 12.5 Å². The van der Waals surface area contributed by atoms with E-state index >= 15 is 0 Å². The molecule has 1 amide bonds. The van der Waals surface area contributed by atoms with E-state index in [0.717, 1.165) is 26.1 Å². The molecule has 1 fully saturated rings. The van der Waals surface area contributed by atoms with Gasteiger partial charge in [0.05, 0.1) is 0 Å². The van der Waals surface area contributed by atoms with E-state index in [0.29, 0.717) is 12.6 Å². The van der Waals surface area contributed by atoms with Crippen LogP contribution in [0.3, 0.4) is 0 Å². The molecule has 1 unspecified atom stereocenters. The molecule has 1 aliphatic heterocycles. The third kappa shape index (κ3) is 2.96. The number of ether oxygens (including phenoxy) is 1. The monoisotopic (exact) mass is 200 g/mol. The van der Waals surface area contributed by atoms with Crippen LogP contribution in [0.4, 0.5) is 0 Å². The number of amides is 1. The topological polar surface area (TPSA) is 41.6 Å². The molecule has 4 heteroatoms. The highest BCUT2D eigenvalue weighted by molar-refractivity contribution is 5.77. The number of nitrogens with one attached hydrogen (secondary N) is 1. The van der Waals surface area contributed by atoms with Gasteiger partial charge in [-0.3, -0.25) is 4.79 Å². The first-order valence-electron chi connectivity index (χ1n) is 5.37. The number of likely N-dealkylation sites (N-methyl/N-ethyl adjacent to an activating group) is 1. The second kappa shape index (κ2) is 5.98. The summed E-state index contributed by atoms with van der Waals surface area (Å²) in [6.45, 7) is 7.46. The molecule has 82 valence electrons.